The minimum Gasteiger partial charge on any atom is -0.330 e. The largest absolute Gasteiger partial charge is 0.330 e. The van der Waals surface area contributed by atoms with Crippen molar-refractivity contribution in [3.63, 3.8) is 0 Å². The Bertz CT molecular complexity index is 344. The fraction of sp³-hybridized carbons (Fsp3) is 0.600. The summed E-state index contributed by atoms with van der Waals surface area (Å²) in [4.78, 5) is 2.60. The number of aryl methyl sites for hydroxylation is 1. The second kappa shape index (κ2) is 5.65. The minimum atomic E-state index is 0.542. The van der Waals surface area contributed by atoms with E-state index in [0.29, 0.717) is 12.0 Å². The summed E-state index contributed by atoms with van der Waals surface area (Å²) < 4.78 is 0. The van der Waals surface area contributed by atoms with Gasteiger partial charge in [-0.1, -0.05) is 36.8 Å². The average Bonchev–Trinajstić information content (AvgIpc) is 2.74. The highest BCUT2D eigenvalue weighted by Crippen LogP contribution is 2.36. The van der Waals surface area contributed by atoms with Crippen LogP contribution < -0.4 is 5.73 Å². The third kappa shape index (κ3) is 2.70. The van der Waals surface area contributed by atoms with E-state index in [2.05, 4.69) is 43.0 Å². The summed E-state index contributed by atoms with van der Waals surface area (Å²) in [5, 5.41) is 0. The van der Waals surface area contributed by atoms with Gasteiger partial charge in [-0.3, -0.25) is 4.90 Å². The molecule has 0 aromatic heterocycles. The molecule has 2 nitrogen and oxygen atoms in total. The van der Waals surface area contributed by atoms with Gasteiger partial charge in [0.25, 0.3) is 0 Å². The molecule has 0 amide bonds. The van der Waals surface area contributed by atoms with Crippen molar-refractivity contribution in [2.24, 2.45) is 11.7 Å². The first-order chi connectivity index (χ1) is 8.26. The smallest absolute Gasteiger partial charge is 0.0388 e. The van der Waals surface area contributed by atoms with Crippen molar-refractivity contribution in [2.75, 3.05) is 19.6 Å². The van der Waals surface area contributed by atoms with Crippen LogP contribution in [0, 0.1) is 12.8 Å². The Kier molecular flexibility index (Phi) is 4.19. The highest BCUT2D eigenvalue weighted by atomic mass is 15.2. The summed E-state index contributed by atoms with van der Waals surface area (Å²) >= 11 is 0. The maximum absolute atomic E-state index is 5.92. The van der Waals surface area contributed by atoms with E-state index in [9.17, 15) is 0 Å². The van der Waals surface area contributed by atoms with E-state index in [1.54, 1.807) is 0 Å². The van der Waals surface area contributed by atoms with Crippen LogP contribution in [-0.4, -0.2) is 24.5 Å². The zero-order valence-electron chi connectivity index (χ0n) is 11.0. The molecule has 2 rings (SSSR count). The van der Waals surface area contributed by atoms with E-state index in [1.807, 2.05) is 0 Å². The highest BCUT2D eigenvalue weighted by Gasteiger charge is 2.33. The van der Waals surface area contributed by atoms with Crippen molar-refractivity contribution >= 4 is 0 Å². The summed E-state index contributed by atoms with van der Waals surface area (Å²) in [5.74, 6) is 0.629. The fourth-order valence-electron chi connectivity index (χ4n) is 2.96. The zero-order chi connectivity index (χ0) is 12.3. The van der Waals surface area contributed by atoms with Crippen LogP contribution in [0.2, 0.25) is 0 Å². The first-order valence-electron chi connectivity index (χ1n) is 6.77. The van der Waals surface area contributed by atoms with Crippen LogP contribution in [0.4, 0.5) is 0 Å². The third-order valence-corrected chi connectivity index (χ3v) is 3.86. The third-order valence-electron chi connectivity index (χ3n) is 3.86. The number of hydrogen-bond acceptors (Lipinski definition) is 2. The predicted molar refractivity (Wildman–Crippen MR) is 72.9 cm³/mol. The highest BCUT2D eigenvalue weighted by molar-refractivity contribution is 5.25. The van der Waals surface area contributed by atoms with E-state index < -0.39 is 0 Å². The Morgan fingerprint density at radius 2 is 2.00 bits per heavy atom. The number of nitrogens with two attached hydrogens (primary N) is 1. The Balaban J connectivity index is 2.21. The van der Waals surface area contributed by atoms with Crippen LogP contribution in [0.5, 0.6) is 0 Å². The number of hydrogen-bond donors (Lipinski definition) is 1. The summed E-state index contributed by atoms with van der Waals surface area (Å²) in [6.07, 6.45) is 2.47. The molecule has 1 saturated heterocycles. The first-order valence-corrected chi connectivity index (χ1v) is 6.77. The lowest BCUT2D eigenvalue weighted by Crippen LogP contribution is -2.28. The summed E-state index contributed by atoms with van der Waals surface area (Å²) in [5.41, 5.74) is 8.70. The fourth-order valence-corrected chi connectivity index (χ4v) is 2.96. The van der Waals surface area contributed by atoms with Gasteiger partial charge in [0.2, 0.25) is 0 Å². The molecule has 1 aromatic carbocycles. The van der Waals surface area contributed by atoms with Gasteiger partial charge in [0, 0.05) is 6.04 Å². The molecule has 17 heavy (non-hydrogen) atoms. The maximum atomic E-state index is 5.92. The molecule has 2 unspecified atom stereocenters. The van der Waals surface area contributed by atoms with Crippen molar-refractivity contribution in [1.82, 2.24) is 4.90 Å². The maximum Gasteiger partial charge on any atom is 0.0388 e. The van der Waals surface area contributed by atoms with Crippen LogP contribution in [0.25, 0.3) is 0 Å². The van der Waals surface area contributed by atoms with Crippen molar-refractivity contribution in [2.45, 2.75) is 32.7 Å². The van der Waals surface area contributed by atoms with E-state index in [4.69, 9.17) is 5.73 Å². The molecular weight excluding hydrogens is 208 g/mol. The molecule has 1 aliphatic heterocycles. The van der Waals surface area contributed by atoms with Gasteiger partial charge in [-0.25, -0.2) is 0 Å². The molecule has 0 aliphatic carbocycles. The molecule has 2 heteroatoms. The molecule has 94 valence electrons. The molecule has 0 saturated carbocycles. The monoisotopic (exact) mass is 232 g/mol. The Labute approximate surface area is 105 Å². The number of nitrogens with zero attached hydrogens (tertiary/aromatic N) is 1. The van der Waals surface area contributed by atoms with Gasteiger partial charge in [-0.05, 0) is 50.9 Å². The normalized spacial score (nSPS) is 25.4. The van der Waals surface area contributed by atoms with Gasteiger partial charge < -0.3 is 5.73 Å². The molecule has 0 bridgehead atoms. The molecule has 1 aliphatic rings. The molecule has 1 heterocycles. The average molecular weight is 232 g/mol. The van der Waals surface area contributed by atoms with Crippen LogP contribution in [0.1, 0.15) is 36.9 Å². The van der Waals surface area contributed by atoms with Gasteiger partial charge in [-0.15, -0.1) is 0 Å². The Hall–Kier alpha value is -0.860. The van der Waals surface area contributed by atoms with Crippen LogP contribution in [0.3, 0.4) is 0 Å². The molecule has 1 aromatic rings. The summed E-state index contributed by atoms with van der Waals surface area (Å²) in [7, 11) is 0. The standard InChI is InChI=1S/C15H24N2/c1-3-9-17-10-8-14(11-16)15(17)13-6-4-12(2)5-7-13/h4-7,14-15H,3,8-11,16H2,1-2H3. The SMILES string of the molecule is CCCN1CCC(CN)C1c1ccc(C)cc1. The Morgan fingerprint density at radius 1 is 1.29 bits per heavy atom. The lowest BCUT2D eigenvalue weighted by atomic mass is 9.93. The van der Waals surface area contributed by atoms with Crippen molar-refractivity contribution in [3.05, 3.63) is 35.4 Å². The molecule has 2 atom stereocenters. The van der Waals surface area contributed by atoms with E-state index >= 15 is 0 Å². The van der Waals surface area contributed by atoms with Crippen molar-refractivity contribution < 1.29 is 0 Å². The van der Waals surface area contributed by atoms with Gasteiger partial charge in [0.15, 0.2) is 0 Å². The van der Waals surface area contributed by atoms with Gasteiger partial charge in [0.05, 0.1) is 0 Å². The van der Waals surface area contributed by atoms with Crippen molar-refractivity contribution in [1.29, 1.82) is 0 Å². The van der Waals surface area contributed by atoms with E-state index in [0.717, 1.165) is 6.54 Å². The van der Waals surface area contributed by atoms with Crippen LogP contribution in [0.15, 0.2) is 24.3 Å². The molecule has 1 fully saturated rings. The van der Waals surface area contributed by atoms with Gasteiger partial charge >= 0.3 is 0 Å². The Morgan fingerprint density at radius 3 is 2.59 bits per heavy atom. The number of benzene rings is 1. The predicted octanol–water partition coefficient (Wildman–Crippen LogP) is 2.73. The molecule has 0 spiro atoms. The second-order valence-corrected chi connectivity index (χ2v) is 5.18. The van der Waals surface area contributed by atoms with Crippen LogP contribution in [-0.2, 0) is 0 Å². The summed E-state index contributed by atoms with van der Waals surface area (Å²) in [6.45, 7) is 7.59. The van der Waals surface area contributed by atoms with Gasteiger partial charge in [0.1, 0.15) is 0 Å². The number of likely N-dealkylation sites (tertiary alicyclic amines) is 1. The van der Waals surface area contributed by atoms with Gasteiger partial charge in [-0.2, -0.15) is 0 Å². The molecule has 2 N–H and O–H groups in total. The summed E-state index contributed by atoms with van der Waals surface area (Å²) in [6, 6.07) is 9.52. The number of rotatable bonds is 4. The van der Waals surface area contributed by atoms with E-state index in [-0.39, 0.29) is 0 Å². The lowest BCUT2D eigenvalue weighted by molar-refractivity contribution is 0.230. The molecular formula is C15H24N2. The van der Waals surface area contributed by atoms with E-state index in [1.165, 1.54) is 37.1 Å². The van der Waals surface area contributed by atoms with Crippen molar-refractivity contribution in [3.8, 4) is 0 Å². The lowest BCUT2D eigenvalue weighted by Gasteiger charge is -2.28. The zero-order valence-corrected chi connectivity index (χ0v) is 11.0. The first kappa shape index (κ1) is 12.6. The quantitative estimate of drug-likeness (QED) is 0.865. The van der Waals surface area contributed by atoms with Crippen LogP contribution >= 0.6 is 0 Å². The molecule has 0 radical (unpaired) electrons. The minimum absolute atomic E-state index is 0.542. The second-order valence-electron chi connectivity index (χ2n) is 5.18. The topological polar surface area (TPSA) is 29.3 Å².